The van der Waals surface area contributed by atoms with E-state index in [0.717, 1.165) is 16.0 Å². The quantitative estimate of drug-likeness (QED) is 0.760. The molecule has 0 amide bonds. The number of benzene rings is 1. The van der Waals surface area contributed by atoms with E-state index >= 15 is 0 Å². The molecule has 0 atom stereocenters. The van der Waals surface area contributed by atoms with E-state index in [2.05, 4.69) is 26.9 Å². The molecule has 2 aromatic rings. The first kappa shape index (κ1) is 16.7. The summed E-state index contributed by atoms with van der Waals surface area (Å²) < 4.78 is 21.0. The molecule has 0 saturated heterocycles. The first-order valence-corrected chi connectivity index (χ1v) is 8.01. The molecule has 0 unspecified atom stereocenters. The number of hydrogen-bond acceptors (Lipinski definition) is 4. The van der Waals surface area contributed by atoms with Gasteiger partial charge in [-0.25, -0.2) is 4.39 Å². The van der Waals surface area contributed by atoms with Crippen LogP contribution in [0.25, 0.3) is 5.69 Å². The van der Waals surface area contributed by atoms with Gasteiger partial charge in [-0.1, -0.05) is 38.0 Å². The van der Waals surface area contributed by atoms with Crippen molar-refractivity contribution in [2.45, 2.75) is 26.2 Å². The van der Waals surface area contributed by atoms with E-state index < -0.39 is 5.82 Å². The largest absolute Gasteiger partial charge is 0.480 e. The van der Waals surface area contributed by atoms with E-state index in [9.17, 15) is 9.18 Å². The Kier molecular flexibility index (Phi) is 4.73. The van der Waals surface area contributed by atoms with E-state index in [1.54, 1.807) is 0 Å². The Morgan fingerprint density at radius 2 is 2.18 bits per heavy atom. The van der Waals surface area contributed by atoms with Gasteiger partial charge < -0.3 is 4.74 Å². The molecule has 0 spiro atoms. The summed E-state index contributed by atoms with van der Waals surface area (Å²) in [6.07, 6.45) is 5.15. The third kappa shape index (κ3) is 3.39. The zero-order valence-corrected chi connectivity index (χ0v) is 14.7. The van der Waals surface area contributed by atoms with Crippen molar-refractivity contribution in [2.24, 2.45) is 0 Å². The van der Waals surface area contributed by atoms with Crippen LogP contribution in [0.3, 0.4) is 0 Å². The van der Waals surface area contributed by atoms with Crippen LogP contribution in [-0.2, 0) is 5.41 Å². The molecule has 7 heteroatoms. The van der Waals surface area contributed by atoms with E-state index in [1.807, 2.05) is 20.8 Å². The van der Waals surface area contributed by atoms with Crippen LogP contribution in [0.5, 0.6) is 5.75 Å². The van der Waals surface area contributed by atoms with E-state index in [0.29, 0.717) is 15.2 Å². The second-order valence-corrected chi connectivity index (χ2v) is 7.36. The third-order valence-electron chi connectivity index (χ3n) is 2.73. The molecular weight excluding hydrogens is 371 g/mol. The van der Waals surface area contributed by atoms with Crippen LogP contribution in [0, 0.1) is 18.2 Å². The first-order chi connectivity index (χ1) is 10.2. The summed E-state index contributed by atoms with van der Waals surface area (Å²) in [5.74, 6) is 2.11. The second-order valence-electron chi connectivity index (χ2n) is 5.56. The standard InChI is InChI=1S/C15H14BrFN2O2S/c1-5-6-21-12-8-11(10(17)7-9(12)16)19-14(20)22-13(18-19)15(2,3)4/h1,7-8H,6H2,2-4H3. The molecule has 22 heavy (non-hydrogen) atoms. The van der Waals surface area contributed by atoms with Crippen molar-refractivity contribution in [1.29, 1.82) is 0 Å². The Morgan fingerprint density at radius 3 is 2.73 bits per heavy atom. The molecule has 0 aliphatic carbocycles. The van der Waals surface area contributed by atoms with Crippen LogP contribution in [0.4, 0.5) is 4.39 Å². The molecule has 0 N–H and O–H groups in total. The fraction of sp³-hybridized carbons (Fsp3) is 0.333. The van der Waals surface area contributed by atoms with Gasteiger partial charge in [-0.2, -0.15) is 9.78 Å². The van der Waals surface area contributed by atoms with Crippen LogP contribution < -0.4 is 9.61 Å². The summed E-state index contributed by atoms with van der Waals surface area (Å²) in [7, 11) is 0. The maximum Gasteiger partial charge on any atom is 0.329 e. The molecule has 1 aromatic carbocycles. The summed E-state index contributed by atoms with van der Waals surface area (Å²) in [6.45, 7) is 5.86. The number of ether oxygens (including phenoxy) is 1. The maximum atomic E-state index is 14.2. The smallest absolute Gasteiger partial charge is 0.329 e. The van der Waals surface area contributed by atoms with Gasteiger partial charge in [0.25, 0.3) is 0 Å². The summed E-state index contributed by atoms with van der Waals surface area (Å²) in [5, 5.41) is 4.87. The second kappa shape index (κ2) is 6.23. The van der Waals surface area contributed by atoms with Gasteiger partial charge in [0.1, 0.15) is 28.9 Å². The van der Waals surface area contributed by atoms with Crippen LogP contribution in [-0.4, -0.2) is 16.4 Å². The van der Waals surface area contributed by atoms with Crippen molar-refractivity contribution in [3.8, 4) is 23.8 Å². The highest BCUT2D eigenvalue weighted by molar-refractivity contribution is 9.10. The molecular formula is C15H14BrFN2O2S. The fourth-order valence-electron chi connectivity index (χ4n) is 1.64. The van der Waals surface area contributed by atoms with Crippen molar-refractivity contribution in [2.75, 3.05) is 6.61 Å². The molecule has 0 aliphatic rings. The van der Waals surface area contributed by atoms with Gasteiger partial charge in [0.05, 0.1) is 4.47 Å². The molecule has 116 valence electrons. The molecule has 1 aromatic heterocycles. The normalized spacial score (nSPS) is 11.3. The van der Waals surface area contributed by atoms with Crippen LogP contribution in [0.2, 0.25) is 0 Å². The Hall–Kier alpha value is -1.65. The van der Waals surface area contributed by atoms with Crippen LogP contribution >= 0.6 is 27.3 Å². The molecule has 4 nitrogen and oxygen atoms in total. The third-order valence-corrected chi connectivity index (χ3v) is 4.58. The minimum Gasteiger partial charge on any atom is -0.480 e. The zero-order chi connectivity index (χ0) is 16.5. The minimum atomic E-state index is -0.576. The van der Waals surface area contributed by atoms with Crippen molar-refractivity contribution >= 4 is 27.3 Å². The van der Waals surface area contributed by atoms with Crippen LogP contribution in [0.1, 0.15) is 25.8 Å². The Morgan fingerprint density at radius 1 is 1.50 bits per heavy atom. The first-order valence-electron chi connectivity index (χ1n) is 6.40. The topological polar surface area (TPSA) is 44.1 Å². The van der Waals surface area contributed by atoms with Crippen LogP contribution in [0.15, 0.2) is 21.4 Å². The van der Waals surface area contributed by atoms with Crippen molar-refractivity contribution in [3.63, 3.8) is 0 Å². The highest BCUT2D eigenvalue weighted by Gasteiger charge is 2.22. The van der Waals surface area contributed by atoms with Crippen molar-refractivity contribution in [3.05, 3.63) is 37.1 Å². The van der Waals surface area contributed by atoms with Crippen molar-refractivity contribution < 1.29 is 9.13 Å². The van der Waals surface area contributed by atoms with E-state index in [1.165, 1.54) is 12.1 Å². The summed E-state index contributed by atoms with van der Waals surface area (Å²) >= 11 is 4.20. The highest BCUT2D eigenvalue weighted by Crippen LogP contribution is 2.30. The molecule has 0 bridgehead atoms. The SMILES string of the molecule is C#CCOc1cc(-n2nc(C(C)(C)C)sc2=O)c(F)cc1Br. The van der Waals surface area contributed by atoms with Gasteiger partial charge >= 0.3 is 4.87 Å². The molecule has 0 saturated carbocycles. The van der Waals surface area contributed by atoms with Crippen molar-refractivity contribution in [1.82, 2.24) is 9.78 Å². The summed E-state index contributed by atoms with van der Waals surface area (Å²) in [6, 6.07) is 2.63. The van der Waals surface area contributed by atoms with Gasteiger partial charge in [0.15, 0.2) is 0 Å². The van der Waals surface area contributed by atoms with Gasteiger partial charge in [-0.3, -0.25) is 4.79 Å². The average molecular weight is 385 g/mol. The summed E-state index contributed by atoms with van der Waals surface area (Å²) in [4.78, 5) is 11.8. The lowest BCUT2D eigenvalue weighted by Gasteiger charge is -2.13. The molecule has 1 heterocycles. The van der Waals surface area contributed by atoms with Gasteiger partial charge in [-0.05, 0) is 22.0 Å². The maximum absolute atomic E-state index is 14.2. The van der Waals surface area contributed by atoms with E-state index in [-0.39, 0.29) is 22.6 Å². The lowest BCUT2D eigenvalue weighted by Crippen LogP contribution is -2.15. The monoisotopic (exact) mass is 384 g/mol. The van der Waals surface area contributed by atoms with E-state index in [4.69, 9.17) is 11.2 Å². The highest BCUT2D eigenvalue weighted by atomic mass is 79.9. The number of nitrogens with zero attached hydrogens (tertiary/aromatic N) is 2. The molecule has 0 radical (unpaired) electrons. The zero-order valence-electron chi connectivity index (χ0n) is 12.3. The van der Waals surface area contributed by atoms with Gasteiger partial charge in [0, 0.05) is 11.5 Å². The lowest BCUT2D eigenvalue weighted by molar-refractivity contribution is 0.367. The number of halogens is 2. The number of rotatable bonds is 3. The number of hydrogen-bond donors (Lipinski definition) is 0. The minimum absolute atomic E-state index is 0.0342. The Labute approximate surface area is 140 Å². The molecule has 0 fully saturated rings. The summed E-state index contributed by atoms with van der Waals surface area (Å²) in [5.41, 5.74) is -0.254. The number of terminal acetylenes is 1. The predicted molar refractivity (Wildman–Crippen MR) is 88.4 cm³/mol. The molecule has 2 rings (SSSR count). The molecule has 0 aliphatic heterocycles. The number of aromatic nitrogens is 2. The predicted octanol–water partition coefficient (Wildman–Crippen LogP) is 3.51. The fourth-order valence-corrected chi connectivity index (χ4v) is 2.89. The Balaban J connectivity index is 2.56. The Bertz CT molecular complexity index is 799. The lowest BCUT2D eigenvalue weighted by atomic mass is 9.98. The van der Waals surface area contributed by atoms with Gasteiger partial charge in [-0.15, -0.1) is 6.42 Å². The van der Waals surface area contributed by atoms with Gasteiger partial charge in [0.2, 0.25) is 0 Å². The average Bonchev–Trinajstić information content (AvgIpc) is 2.80.